The fourth-order valence-electron chi connectivity index (χ4n) is 2.32. The molecule has 1 rings (SSSR count). The molecule has 0 aliphatic carbocycles. The molecule has 3 nitrogen and oxygen atoms in total. The van der Waals surface area contributed by atoms with Crippen LogP contribution in [-0.4, -0.2) is 17.3 Å². The largest absolute Gasteiger partial charge is 0.294 e. The molecule has 20 heavy (non-hydrogen) atoms. The zero-order valence-electron chi connectivity index (χ0n) is 12.7. The van der Waals surface area contributed by atoms with Crippen LogP contribution in [0.4, 0.5) is 0 Å². The lowest BCUT2D eigenvalue weighted by molar-refractivity contribution is 0.0941. The molecular weight excluding hydrogens is 252 g/mol. The first-order valence-corrected chi connectivity index (χ1v) is 7.27. The van der Waals surface area contributed by atoms with Gasteiger partial charge in [-0.05, 0) is 12.0 Å². The SMILES string of the molecule is CCC(=O)c1ccc(CC)c(C(=O)CC)c1C(=O)CC. The van der Waals surface area contributed by atoms with Crippen LogP contribution in [0.5, 0.6) is 0 Å². The lowest BCUT2D eigenvalue weighted by Crippen LogP contribution is -2.16. The highest BCUT2D eigenvalue weighted by Crippen LogP contribution is 2.24. The van der Waals surface area contributed by atoms with Crippen molar-refractivity contribution in [1.82, 2.24) is 0 Å². The molecule has 0 saturated heterocycles. The Morgan fingerprint density at radius 1 is 0.750 bits per heavy atom. The zero-order valence-corrected chi connectivity index (χ0v) is 12.7. The molecule has 0 fully saturated rings. The van der Waals surface area contributed by atoms with E-state index in [0.717, 1.165) is 5.56 Å². The number of benzene rings is 1. The van der Waals surface area contributed by atoms with Crippen molar-refractivity contribution in [1.29, 1.82) is 0 Å². The van der Waals surface area contributed by atoms with Crippen LogP contribution in [0, 0.1) is 0 Å². The molecule has 0 radical (unpaired) electrons. The average molecular weight is 274 g/mol. The van der Waals surface area contributed by atoms with Crippen molar-refractivity contribution in [2.45, 2.75) is 53.4 Å². The summed E-state index contributed by atoms with van der Waals surface area (Å²) in [6, 6.07) is 3.50. The first kappa shape index (κ1) is 16.3. The molecule has 0 unspecified atom stereocenters. The van der Waals surface area contributed by atoms with E-state index in [1.807, 2.05) is 6.92 Å². The molecule has 0 atom stereocenters. The molecule has 108 valence electrons. The van der Waals surface area contributed by atoms with Crippen LogP contribution in [0.15, 0.2) is 12.1 Å². The predicted octanol–water partition coefficient (Wildman–Crippen LogP) is 4.03. The normalized spacial score (nSPS) is 10.4. The Bertz CT molecular complexity index is 541. The maximum Gasteiger partial charge on any atom is 0.164 e. The molecular formula is C17H22O3. The molecule has 0 aliphatic rings. The molecule has 0 aliphatic heterocycles. The van der Waals surface area contributed by atoms with Gasteiger partial charge >= 0.3 is 0 Å². The van der Waals surface area contributed by atoms with E-state index < -0.39 is 0 Å². The first-order chi connectivity index (χ1) is 9.51. The molecule has 1 aromatic rings. The van der Waals surface area contributed by atoms with Crippen molar-refractivity contribution in [3.05, 3.63) is 34.4 Å². The topological polar surface area (TPSA) is 51.2 Å². The highest BCUT2D eigenvalue weighted by atomic mass is 16.1. The van der Waals surface area contributed by atoms with Gasteiger partial charge in [0, 0.05) is 36.0 Å². The third kappa shape index (κ3) is 3.03. The molecule has 0 bridgehead atoms. The first-order valence-electron chi connectivity index (χ1n) is 7.27. The van der Waals surface area contributed by atoms with Crippen molar-refractivity contribution >= 4 is 17.3 Å². The Hall–Kier alpha value is -1.77. The molecule has 1 aromatic carbocycles. The Kier molecular flexibility index (Phi) is 5.81. The molecule has 0 saturated carbocycles. The van der Waals surface area contributed by atoms with Gasteiger partial charge in [-0.1, -0.05) is 39.8 Å². The van der Waals surface area contributed by atoms with Crippen LogP contribution in [0.3, 0.4) is 0 Å². The maximum atomic E-state index is 12.3. The number of aryl methyl sites for hydroxylation is 1. The summed E-state index contributed by atoms with van der Waals surface area (Å²) in [6.07, 6.45) is 1.63. The fourth-order valence-corrected chi connectivity index (χ4v) is 2.32. The van der Waals surface area contributed by atoms with E-state index in [4.69, 9.17) is 0 Å². The highest BCUT2D eigenvalue weighted by molar-refractivity contribution is 6.16. The van der Waals surface area contributed by atoms with Gasteiger partial charge in [0.05, 0.1) is 0 Å². The van der Waals surface area contributed by atoms with Gasteiger partial charge in [0.1, 0.15) is 0 Å². The summed E-state index contributed by atoms with van der Waals surface area (Å²) < 4.78 is 0. The lowest BCUT2D eigenvalue weighted by Gasteiger charge is -2.15. The van der Waals surface area contributed by atoms with Crippen molar-refractivity contribution in [2.24, 2.45) is 0 Å². The van der Waals surface area contributed by atoms with Gasteiger partial charge in [0.15, 0.2) is 17.3 Å². The second-order valence-corrected chi connectivity index (χ2v) is 4.71. The smallest absolute Gasteiger partial charge is 0.164 e. The minimum Gasteiger partial charge on any atom is -0.294 e. The summed E-state index contributed by atoms with van der Waals surface area (Å²) in [5.41, 5.74) is 2.04. The van der Waals surface area contributed by atoms with Crippen LogP contribution in [-0.2, 0) is 6.42 Å². The second kappa shape index (κ2) is 7.13. The lowest BCUT2D eigenvalue weighted by atomic mass is 9.86. The maximum absolute atomic E-state index is 12.3. The van der Waals surface area contributed by atoms with Crippen LogP contribution >= 0.6 is 0 Å². The Morgan fingerprint density at radius 2 is 1.25 bits per heavy atom. The number of carbonyl (C=O) groups excluding carboxylic acids is 3. The summed E-state index contributed by atoms with van der Waals surface area (Å²) in [5.74, 6) is -0.284. The van der Waals surface area contributed by atoms with E-state index in [1.54, 1.807) is 32.9 Å². The summed E-state index contributed by atoms with van der Waals surface area (Å²) in [7, 11) is 0. The Morgan fingerprint density at radius 3 is 1.70 bits per heavy atom. The standard InChI is InChI=1S/C17H22O3/c1-5-11-9-10-12(13(18)6-2)17(15(20)8-4)16(11)14(19)7-3/h9-10H,5-8H2,1-4H3. The van der Waals surface area contributed by atoms with Gasteiger partial charge in [-0.15, -0.1) is 0 Å². The van der Waals surface area contributed by atoms with E-state index in [0.29, 0.717) is 42.4 Å². The highest BCUT2D eigenvalue weighted by Gasteiger charge is 2.24. The van der Waals surface area contributed by atoms with Crippen LogP contribution in [0.1, 0.15) is 83.6 Å². The minimum atomic E-state index is -0.131. The van der Waals surface area contributed by atoms with Crippen molar-refractivity contribution in [3.8, 4) is 0 Å². The van der Waals surface area contributed by atoms with E-state index in [-0.39, 0.29) is 17.3 Å². The van der Waals surface area contributed by atoms with E-state index in [1.165, 1.54) is 0 Å². The van der Waals surface area contributed by atoms with Gasteiger partial charge in [0.25, 0.3) is 0 Å². The zero-order chi connectivity index (χ0) is 15.3. The van der Waals surface area contributed by atoms with E-state index in [9.17, 15) is 14.4 Å². The van der Waals surface area contributed by atoms with Crippen LogP contribution in [0.25, 0.3) is 0 Å². The predicted molar refractivity (Wildman–Crippen MR) is 79.7 cm³/mol. The third-order valence-corrected chi connectivity index (χ3v) is 3.49. The molecule has 0 amide bonds. The van der Waals surface area contributed by atoms with Crippen molar-refractivity contribution in [2.75, 3.05) is 0 Å². The summed E-state index contributed by atoms with van der Waals surface area (Å²) in [5, 5.41) is 0. The Balaban J connectivity index is 3.69. The van der Waals surface area contributed by atoms with Crippen LogP contribution < -0.4 is 0 Å². The summed E-state index contributed by atoms with van der Waals surface area (Å²) in [6.45, 7) is 7.23. The molecule has 0 spiro atoms. The summed E-state index contributed by atoms with van der Waals surface area (Å²) >= 11 is 0. The van der Waals surface area contributed by atoms with Gasteiger partial charge in [-0.2, -0.15) is 0 Å². The number of Topliss-reactive ketones (excluding diaryl/α,β-unsaturated/α-hetero) is 3. The van der Waals surface area contributed by atoms with E-state index in [2.05, 4.69) is 0 Å². The van der Waals surface area contributed by atoms with E-state index >= 15 is 0 Å². The number of carbonyl (C=O) groups is 3. The van der Waals surface area contributed by atoms with Gasteiger partial charge < -0.3 is 0 Å². The summed E-state index contributed by atoms with van der Waals surface area (Å²) in [4.78, 5) is 36.5. The number of ketones is 3. The quantitative estimate of drug-likeness (QED) is 0.705. The average Bonchev–Trinajstić information content (AvgIpc) is 2.50. The second-order valence-electron chi connectivity index (χ2n) is 4.71. The fraction of sp³-hybridized carbons (Fsp3) is 0.471. The van der Waals surface area contributed by atoms with Crippen molar-refractivity contribution in [3.63, 3.8) is 0 Å². The Labute approximate surface area is 120 Å². The molecule has 0 heterocycles. The third-order valence-electron chi connectivity index (χ3n) is 3.49. The monoisotopic (exact) mass is 274 g/mol. The number of hydrogen-bond acceptors (Lipinski definition) is 3. The number of rotatable bonds is 7. The van der Waals surface area contributed by atoms with Crippen molar-refractivity contribution < 1.29 is 14.4 Å². The minimum absolute atomic E-state index is 0.0654. The molecule has 0 N–H and O–H groups in total. The molecule has 0 aromatic heterocycles. The molecule has 3 heteroatoms. The van der Waals surface area contributed by atoms with Gasteiger partial charge in [-0.25, -0.2) is 0 Å². The number of hydrogen-bond donors (Lipinski definition) is 0. The van der Waals surface area contributed by atoms with Gasteiger partial charge in [0.2, 0.25) is 0 Å². The van der Waals surface area contributed by atoms with Crippen LogP contribution in [0.2, 0.25) is 0 Å². The van der Waals surface area contributed by atoms with Gasteiger partial charge in [-0.3, -0.25) is 14.4 Å².